The van der Waals surface area contributed by atoms with Crippen molar-refractivity contribution >= 4 is 21.7 Å². The van der Waals surface area contributed by atoms with Crippen molar-refractivity contribution in [1.29, 1.82) is 0 Å². The number of aryl methyl sites for hydroxylation is 2. The van der Waals surface area contributed by atoms with Gasteiger partial charge >= 0.3 is 0 Å². The van der Waals surface area contributed by atoms with Crippen LogP contribution < -0.4 is 19.7 Å². The molecule has 0 aliphatic carbocycles. The fourth-order valence-corrected chi connectivity index (χ4v) is 4.43. The van der Waals surface area contributed by atoms with Crippen LogP contribution in [0, 0.1) is 13.8 Å². The Kier molecular flexibility index (Phi) is 6.92. The SMILES string of the molecule is CCOc1ccc(S(=O)(=O)NCCNc2cc(N3CCCC3)nc(C)n2)cc1C. The van der Waals surface area contributed by atoms with Gasteiger partial charge in [0.1, 0.15) is 23.2 Å². The van der Waals surface area contributed by atoms with Crippen LogP contribution in [0.4, 0.5) is 11.6 Å². The van der Waals surface area contributed by atoms with Crippen LogP contribution in [0.5, 0.6) is 5.75 Å². The Labute approximate surface area is 172 Å². The second kappa shape index (κ2) is 9.41. The molecule has 1 saturated heterocycles. The maximum Gasteiger partial charge on any atom is 0.240 e. The number of sulfonamides is 1. The van der Waals surface area contributed by atoms with Crippen LogP contribution in [-0.4, -0.2) is 51.2 Å². The van der Waals surface area contributed by atoms with E-state index in [4.69, 9.17) is 4.74 Å². The molecule has 1 aliphatic rings. The van der Waals surface area contributed by atoms with Crippen molar-refractivity contribution in [3.63, 3.8) is 0 Å². The Hall–Kier alpha value is -2.39. The molecule has 3 rings (SSSR count). The van der Waals surface area contributed by atoms with E-state index in [-0.39, 0.29) is 11.4 Å². The van der Waals surface area contributed by atoms with Crippen LogP contribution in [0.1, 0.15) is 31.2 Å². The van der Waals surface area contributed by atoms with Gasteiger partial charge in [-0.15, -0.1) is 0 Å². The maximum absolute atomic E-state index is 12.5. The highest BCUT2D eigenvalue weighted by Gasteiger charge is 2.16. The molecule has 0 amide bonds. The Bertz CT molecular complexity index is 943. The summed E-state index contributed by atoms with van der Waals surface area (Å²) in [6.45, 7) is 8.82. The summed E-state index contributed by atoms with van der Waals surface area (Å²) in [5.41, 5.74) is 0.791. The van der Waals surface area contributed by atoms with Gasteiger partial charge in [0.05, 0.1) is 11.5 Å². The molecule has 8 nitrogen and oxygen atoms in total. The molecule has 0 unspecified atom stereocenters. The van der Waals surface area contributed by atoms with Gasteiger partial charge in [-0.3, -0.25) is 0 Å². The first-order valence-corrected chi connectivity index (χ1v) is 11.4. The minimum atomic E-state index is -3.58. The first kappa shape index (κ1) is 21.3. The smallest absolute Gasteiger partial charge is 0.240 e. The number of rotatable bonds is 9. The molecule has 1 aromatic carbocycles. The summed E-state index contributed by atoms with van der Waals surface area (Å²) in [5, 5.41) is 3.19. The first-order chi connectivity index (χ1) is 13.9. The zero-order valence-electron chi connectivity index (χ0n) is 17.2. The van der Waals surface area contributed by atoms with E-state index >= 15 is 0 Å². The van der Waals surface area contributed by atoms with Crippen molar-refractivity contribution in [2.24, 2.45) is 0 Å². The predicted octanol–water partition coefficient (Wildman–Crippen LogP) is 2.48. The molecule has 0 radical (unpaired) electrons. The largest absolute Gasteiger partial charge is 0.494 e. The van der Waals surface area contributed by atoms with E-state index in [1.54, 1.807) is 18.2 Å². The van der Waals surface area contributed by atoms with Crippen LogP contribution in [0.15, 0.2) is 29.2 Å². The fraction of sp³-hybridized carbons (Fsp3) is 0.500. The Morgan fingerprint density at radius 2 is 1.86 bits per heavy atom. The highest BCUT2D eigenvalue weighted by atomic mass is 32.2. The monoisotopic (exact) mass is 419 g/mol. The lowest BCUT2D eigenvalue weighted by molar-refractivity contribution is 0.337. The fourth-order valence-electron chi connectivity index (χ4n) is 3.32. The Morgan fingerprint density at radius 1 is 1.10 bits per heavy atom. The lowest BCUT2D eigenvalue weighted by Gasteiger charge is -2.18. The van der Waals surface area contributed by atoms with Gasteiger partial charge in [-0.05, 0) is 57.4 Å². The van der Waals surface area contributed by atoms with Crippen molar-refractivity contribution in [2.45, 2.75) is 38.5 Å². The highest BCUT2D eigenvalue weighted by Crippen LogP contribution is 2.22. The molecule has 29 heavy (non-hydrogen) atoms. The molecule has 2 heterocycles. The predicted molar refractivity (Wildman–Crippen MR) is 114 cm³/mol. The summed E-state index contributed by atoms with van der Waals surface area (Å²) in [6.07, 6.45) is 2.36. The zero-order valence-corrected chi connectivity index (χ0v) is 18.1. The molecule has 2 aromatic rings. The summed E-state index contributed by atoms with van der Waals surface area (Å²) in [7, 11) is -3.58. The second-order valence-electron chi connectivity index (χ2n) is 7.04. The van der Waals surface area contributed by atoms with Crippen molar-refractivity contribution in [3.8, 4) is 5.75 Å². The minimum absolute atomic E-state index is 0.229. The number of anilines is 2. The normalized spacial score (nSPS) is 14.2. The van der Waals surface area contributed by atoms with Gasteiger partial charge in [-0.1, -0.05) is 0 Å². The number of aromatic nitrogens is 2. The molecule has 1 fully saturated rings. The quantitative estimate of drug-likeness (QED) is 0.603. The van der Waals surface area contributed by atoms with Crippen molar-refractivity contribution < 1.29 is 13.2 Å². The summed E-state index contributed by atoms with van der Waals surface area (Å²) < 4.78 is 33.2. The maximum atomic E-state index is 12.5. The Balaban J connectivity index is 1.56. The van der Waals surface area contributed by atoms with Crippen molar-refractivity contribution in [1.82, 2.24) is 14.7 Å². The van der Waals surface area contributed by atoms with Crippen LogP contribution >= 0.6 is 0 Å². The molecule has 1 aromatic heterocycles. The van der Waals surface area contributed by atoms with Crippen LogP contribution in [-0.2, 0) is 10.0 Å². The standard InChI is InChI=1S/C20H29N5O3S/c1-4-28-18-8-7-17(13-15(18)2)29(26,27)22-10-9-21-19-14-20(24-16(3)23-19)25-11-5-6-12-25/h7-8,13-14,22H,4-6,9-12H2,1-3H3,(H,21,23,24). The summed E-state index contributed by atoms with van der Waals surface area (Å²) in [6, 6.07) is 6.79. The van der Waals surface area contributed by atoms with E-state index in [9.17, 15) is 8.42 Å². The number of nitrogens with zero attached hydrogens (tertiary/aromatic N) is 3. The molecule has 9 heteroatoms. The van der Waals surface area contributed by atoms with Gasteiger partial charge in [0, 0.05) is 32.2 Å². The van der Waals surface area contributed by atoms with E-state index in [0.29, 0.717) is 30.5 Å². The summed E-state index contributed by atoms with van der Waals surface area (Å²) in [4.78, 5) is 11.4. The van der Waals surface area contributed by atoms with Crippen LogP contribution in [0.3, 0.4) is 0 Å². The molecule has 2 N–H and O–H groups in total. The van der Waals surface area contributed by atoms with E-state index in [2.05, 4.69) is 24.9 Å². The second-order valence-corrected chi connectivity index (χ2v) is 8.80. The van der Waals surface area contributed by atoms with Gasteiger partial charge in [0.15, 0.2) is 0 Å². The molecule has 0 bridgehead atoms. The number of benzene rings is 1. The summed E-state index contributed by atoms with van der Waals surface area (Å²) in [5.74, 6) is 3.02. The molecular weight excluding hydrogens is 390 g/mol. The summed E-state index contributed by atoms with van der Waals surface area (Å²) >= 11 is 0. The molecule has 1 aliphatic heterocycles. The topological polar surface area (TPSA) is 96.5 Å². The number of ether oxygens (including phenoxy) is 1. The highest BCUT2D eigenvalue weighted by molar-refractivity contribution is 7.89. The third-order valence-electron chi connectivity index (χ3n) is 4.73. The van der Waals surface area contributed by atoms with Gasteiger partial charge in [-0.2, -0.15) is 0 Å². The molecular formula is C20H29N5O3S. The van der Waals surface area contributed by atoms with Gasteiger partial charge < -0.3 is 15.0 Å². The Morgan fingerprint density at radius 3 is 2.55 bits per heavy atom. The van der Waals surface area contributed by atoms with Crippen LogP contribution in [0.25, 0.3) is 0 Å². The van der Waals surface area contributed by atoms with Crippen molar-refractivity contribution in [3.05, 3.63) is 35.7 Å². The molecule has 0 saturated carbocycles. The van der Waals surface area contributed by atoms with E-state index < -0.39 is 10.0 Å². The number of hydrogen-bond donors (Lipinski definition) is 2. The molecule has 0 spiro atoms. The minimum Gasteiger partial charge on any atom is -0.494 e. The van der Waals surface area contributed by atoms with E-state index in [1.165, 1.54) is 12.8 Å². The zero-order chi connectivity index (χ0) is 20.9. The van der Waals surface area contributed by atoms with Gasteiger partial charge in [-0.25, -0.2) is 23.1 Å². The lowest BCUT2D eigenvalue weighted by Crippen LogP contribution is -2.29. The molecule has 0 atom stereocenters. The van der Waals surface area contributed by atoms with Gasteiger partial charge in [0.2, 0.25) is 10.0 Å². The van der Waals surface area contributed by atoms with E-state index in [1.807, 2.05) is 26.8 Å². The number of hydrogen-bond acceptors (Lipinski definition) is 7. The molecule has 158 valence electrons. The third-order valence-corrected chi connectivity index (χ3v) is 6.19. The third kappa shape index (κ3) is 5.57. The lowest BCUT2D eigenvalue weighted by atomic mass is 10.2. The van der Waals surface area contributed by atoms with Crippen LogP contribution in [0.2, 0.25) is 0 Å². The number of nitrogens with one attached hydrogen (secondary N) is 2. The van der Waals surface area contributed by atoms with Gasteiger partial charge in [0.25, 0.3) is 0 Å². The average molecular weight is 420 g/mol. The van der Waals surface area contributed by atoms with E-state index in [0.717, 1.165) is 24.5 Å². The first-order valence-electron chi connectivity index (χ1n) is 9.96. The average Bonchev–Trinajstić information content (AvgIpc) is 3.21. The van der Waals surface area contributed by atoms with Crippen molar-refractivity contribution in [2.75, 3.05) is 43.0 Å².